The van der Waals surface area contributed by atoms with E-state index >= 15 is 0 Å². The Morgan fingerprint density at radius 1 is 0.588 bits per heavy atom. The number of benzene rings is 3. The van der Waals surface area contributed by atoms with Crippen molar-refractivity contribution in [3.05, 3.63) is 77.4 Å². The van der Waals surface area contributed by atoms with E-state index in [9.17, 15) is 0 Å². The van der Waals surface area contributed by atoms with Crippen LogP contribution in [0.15, 0.2) is 60.7 Å². The lowest BCUT2D eigenvalue weighted by atomic mass is 9.79. The molecule has 1 N–H and O–H groups in total. The van der Waals surface area contributed by atoms with Crippen molar-refractivity contribution in [3.63, 3.8) is 0 Å². The standard InChI is InChI=1S/C28H33NO5/c1-30-22-10-6-8-18(12-22)24-14-20(15-25(29-24)19-9-7-11-23(13-19)31-2)21-16-26(32-3)28(34-5)27(17-21)33-4/h6-13,16-17,20,24-25,29H,14-15H2,1-5H3/t20?,24-,25+. The van der Waals surface area contributed by atoms with Gasteiger partial charge in [-0.2, -0.15) is 0 Å². The fourth-order valence-electron chi connectivity index (χ4n) is 4.83. The zero-order valence-electron chi connectivity index (χ0n) is 20.5. The maximum Gasteiger partial charge on any atom is 0.203 e. The number of nitrogens with one attached hydrogen (secondary N) is 1. The number of hydrogen-bond donors (Lipinski definition) is 1. The topological polar surface area (TPSA) is 58.2 Å². The molecule has 1 heterocycles. The minimum atomic E-state index is 0.143. The van der Waals surface area contributed by atoms with Crippen LogP contribution in [0.1, 0.15) is 47.5 Å². The summed E-state index contributed by atoms with van der Waals surface area (Å²) in [5.41, 5.74) is 3.56. The van der Waals surface area contributed by atoms with Crippen LogP contribution in [0, 0.1) is 0 Å². The van der Waals surface area contributed by atoms with Crippen LogP contribution in [0.5, 0.6) is 28.7 Å². The Labute approximate surface area is 201 Å². The van der Waals surface area contributed by atoms with E-state index in [1.165, 1.54) is 11.1 Å². The molecule has 0 saturated carbocycles. The van der Waals surface area contributed by atoms with Gasteiger partial charge >= 0.3 is 0 Å². The second-order valence-corrected chi connectivity index (χ2v) is 8.45. The molecule has 6 heteroatoms. The summed E-state index contributed by atoms with van der Waals surface area (Å²) in [6.45, 7) is 0. The molecule has 1 saturated heterocycles. The molecule has 3 atom stereocenters. The molecule has 0 amide bonds. The smallest absolute Gasteiger partial charge is 0.203 e. The van der Waals surface area contributed by atoms with Crippen molar-refractivity contribution in [2.24, 2.45) is 0 Å². The van der Waals surface area contributed by atoms with Crippen LogP contribution in [-0.4, -0.2) is 35.5 Å². The summed E-state index contributed by atoms with van der Waals surface area (Å²) in [5.74, 6) is 3.93. The van der Waals surface area contributed by atoms with Crippen LogP contribution in [0.2, 0.25) is 0 Å². The molecule has 34 heavy (non-hydrogen) atoms. The zero-order chi connectivity index (χ0) is 24.1. The van der Waals surface area contributed by atoms with Gasteiger partial charge < -0.3 is 29.0 Å². The van der Waals surface area contributed by atoms with Crippen molar-refractivity contribution in [2.75, 3.05) is 35.5 Å². The fraction of sp³-hybridized carbons (Fsp3) is 0.357. The summed E-state index contributed by atoms with van der Waals surface area (Å²) in [7, 11) is 8.34. The number of methoxy groups -OCH3 is 5. The minimum Gasteiger partial charge on any atom is -0.497 e. The summed E-state index contributed by atoms with van der Waals surface area (Å²) in [6, 6.07) is 21.0. The van der Waals surface area contributed by atoms with E-state index in [-0.39, 0.29) is 18.0 Å². The highest BCUT2D eigenvalue weighted by molar-refractivity contribution is 5.54. The van der Waals surface area contributed by atoms with Gasteiger partial charge in [0.05, 0.1) is 35.5 Å². The van der Waals surface area contributed by atoms with Crippen LogP contribution >= 0.6 is 0 Å². The first kappa shape index (κ1) is 23.8. The average Bonchev–Trinajstić information content (AvgIpc) is 2.91. The Hall–Kier alpha value is -3.38. The Balaban J connectivity index is 1.75. The van der Waals surface area contributed by atoms with Crippen LogP contribution < -0.4 is 29.0 Å². The molecule has 180 valence electrons. The quantitative estimate of drug-likeness (QED) is 0.464. The van der Waals surface area contributed by atoms with E-state index in [0.29, 0.717) is 17.2 Å². The van der Waals surface area contributed by atoms with Crippen molar-refractivity contribution < 1.29 is 23.7 Å². The summed E-state index contributed by atoms with van der Waals surface area (Å²) in [6.07, 6.45) is 1.85. The van der Waals surface area contributed by atoms with E-state index < -0.39 is 0 Å². The first-order valence-corrected chi connectivity index (χ1v) is 11.4. The Morgan fingerprint density at radius 3 is 1.50 bits per heavy atom. The molecular formula is C28H33NO5. The normalized spacial score (nSPS) is 19.9. The molecule has 6 nitrogen and oxygen atoms in total. The predicted molar refractivity (Wildman–Crippen MR) is 133 cm³/mol. The van der Waals surface area contributed by atoms with Gasteiger partial charge in [0.15, 0.2) is 11.5 Å². The first-order valence-electron chi connectivity index (χ1n) is 11.4. The van der Waals surface area contributed by atoms with Gasteiger partial charge in [-0.15, -0.1) is 0 Å². The molecule has 4 rings (SSSR count). The molecule has 0 spiro atoms. The number of hydrogen-bond acceptors (Lipinski definition) is 6. The second-order valence-electron chi connectivity index (χ2n) is 8.45. The first-order chi connectivity index (χ1) is 16.6. The van der Waals surface area contributed by atoms with Crippen LogP contribution in [-0.2, 0) is 0 Å². The summed E-state index contributed by atoms with van der Waals surface area (Å²) >= 11 is 0. The highest BCUT2D eigenvalue weighted by atomic mass is 16.5. The van der Waals surface area contributed by atoms with Gasteiger partial charge in [-0.05, 0) is 71.8 Å². The van der Waals surface area contributed by atoms with E-state index in [4.69, 9.17) is 23.7 Å². The SMILES string of the molecule is COc1cccc([C@@H]2CC(c3cc(OC)c(OC)c(OC)c3)C[C@H](c3cccc(OC)c3)N2)c1. The lowest BCUT2D eigenvalue weighted by Crippen LogP contribution is -2.34. The van der Waals surface area contributed by atoms with E-state index in [1.54, 1.807) is 35.5 Å². The molecule has 0 aliphatic carbocycles. The molecule has 3 aromatic rings. The molecular weight excluding hydrogens is 430 g/mol. The Kier molecular flexibility index (Phi) is 7.48. The van der Waals surface area contributed by atoms with E-state index in [0.717, 1.165) is 29.9 Å². The van der Waals surface area contributed by atoms with Gasteiger partial charge in [-0.1, -0.05) is 24.3 Å². The third-order valence-corrected chi connectivity index (χ3v) is 6.59. The molecule has 1 fully saturated rings. The van der Waals surface area contributed by atoms with Gasteiger partial charge in [-0.25, -0.2) is 0 Å². The molecule has 0 aromatic heterocycles. The zero-order valence-corrected chi connectivity index (χ0v) is 20.5. The van der Waals surface area contributed by atoms with Gasteiger partial charge in [0.25, 0.3) is 0 Å². The van der Waals surface area contributed by atoms with Crippen molar-refractivity contribution in [2.45, 2.75) is 30.8 Å². The lowest BCUT2D eigenvalue weighted by Gasteiger charge is -2.37. The maximum atomic E-state index is 5.64. The van der Waals surface area contributed by atoms with Gasteiger partial charge in [0.2, 0.25) is 5.75 Å². The second kappa shape index (κ2) is 10.7. The minimum absolute atomic E-state index is 0.143. The van der Waals surface area contributed by atoms with Gasteiger partial charge in [0, 0.05) is 12.1 Å². The Morgan fingerprint density at radius 2 is 1.09 bits per heavy atom. The Bertz CT molecular complexity index is 1030. The van der Waals surface area contributed by atoms with Crippen molar-refractivity contribution >= 4 is 0 Å². The van der Waals surface area contributed by atoms with Crippen molar-refractivity contribution in [1.82, 2.24) is 5.32 Å². The monoisotopic (exact) mass is 463 g/mol. The molecule has 0 radical (unpaired) electrons. The van der Waals surface area contributed by atoms with Gasteiger partial charge in [0.1, 0.15) is 11.5 Å². The van der Waals surface area contributed by atoms with Crippen LogP contribution in [0.4, 0.5) is 0 Å². The van der Waals surface area contributed by atoms with Crippen LogP contribution in [0.3, 0.4) is 0 Å². The molecule has 1 aliphatic rings. The third-order valence-electron chi connectivity index (χ3n) is 6.59. The third kappa shape index (κ3) is 4.92. The summed E-state index contributed by atoms with van der Waals surface area (Å²) < 4.78 is 27.8. The largest absolute Gasteiger partial charge is 0.497 e. The number of rotatable bonds is 8. The molecule has 3 aromatic carbocycles. The molecule has 1 unspecified atom stereocenters. The fourth-order valence-corrected chi connectivity index (χ4v) is 4.83. The highest BCUT2D eigenvalue weighted by Crippen LogP contribution is 2.46. The van der Waals surface area contributed by atoms with Crippen LogP contribution in [0.25, 0.3) is 0 Å². The lowest BCUT2D eigenvalue weighted by molar-refractivity contribution is 0.291. The van der Waals surface area contributed by atoms with Crippen molar-refractivity contribution in [1.29, 1.82) is 0 Å². The average molecular weight is 464 g/mol. The molecule has 0 bridgehead atoms. The predicted octanol–water partition coefficient (Wildman–Crippen LogP) is 5.68. The van der Waals surface area contributed by atoms with Crippen molar-refractivity contribution in [3.8, 4) is 28.7 Å². The summed E-state index contributed by atoms with van der Waals surface area (Å²) in [5, 5.41) is 3.87. The number of piperidine rings is 1. The molecule has 1 aliphatic heterocycles. The summed E-state index contributed by atoms with van der Waals surface area (Å²) in [4.78, 5) is 0. The highest BCUT2D eigenvalue weighted by Gasteiger charge is 2.32. The van der Waals surface area contributed by atoms with E-state index in [1.807, 2.05) is 24.3 Å². The number of ether oxygens (including phenoxy) is 5. The van der Waals surface area contributed by atoms with Gasteiger partial charge in [-0.3, -0.25) is 0 Å². The van der Waals surface area contributed by atoms with E-state index in [2.05, 4.69) is 41.7 Å². The maximum absolute atomic E-state index is 5.64.